The SMILES string of the molecule is CCOC(=O)C(Nc1ccc(C)cc1)N1C(=O)c2ccccc2C1=O. The highest BCUT2D eigenvalue weighted by Crippen LogP contribution is 2.26. The molecule has 0 saturated heterocycles. The van der Waals surface area contributed by atoms with Crippen LogP contribution in [0.2, 0.25) is 0 Å². The maximum Gasteiger partial charge on any atom is 0.350 e. The van der Waals surface area contributed by atoms with Crippen LogP contribution in [0.4, 0.5) is 5.69 Å². The van der Waals surface area contributed by atoms with Crippen molar-refractivity contribution in [2.24, 2.45) is 0 Å². The highest BCUT2D eigenvalue weighted by atomic mass is 16.5. The Balaban J connectivity index is 1.95. The van der Waals surface area contributed by atoms with E-state index in [1.54, 1.807) is 43.3 Å². The first-order valence-electron chi connectivity index (χ1n) is 7.99. The number of nitrogens with zero attached hydrogens (tertiary/aromatic N) is 1. The molecule has 6 nitrogen and oxygen atoms in total. The van der Waals surface area contributed by atoms with Gasteiger partial charge in [0.05, 0.1) is 17.7 Å². The van der Waals surface area contributed by atoms with Crippen molar-refractivity contribution in [3.05, 3.63) is 65.2 Å². The number of carbonyl (C=O) groups is 3. The van der Waals surface area contributed by atoms with Gasteiger partial charge in [0.25, 0.3) is 11.8 Å². The van der Waals surface area contributed by atoms with Gasteiger partial charge in [-0.1, -0.05) is 29.8 Å². The molecule has 2 amide bonds. The minimum atomic E-state index is -1.23. The number of imide groups is 1. The van der Waals surface area contributed by atoms with Crippen LogP contribution in [0.15, 0.2) is 48.5 Å². The summed E-state index contributed by atoms with van der Waals surface area (Å²) in [7, 11) is 0. The average Bonchev–Trinajstić information content (AvgIpc) is 2.86. The lowest BCUT2D eigenvalue weighted by Crippen LogP contribution is -2.50. The van der Waals surface area contributed by atoms with Crippen LogP contribution in [0.3, 0.4) is 0 Å². The highest BCUT2D eigenvalue weighted by Gasteiger charge is 2.43. The fourth-order valence-corrected chi connectivity index (χ4v) is 2.70. The molecule has 3 rings (SSSR count). The summed E-state index contributed by atoms with van der Waals surface area (Å²) in [6.07, 6.45) is -1.23. The maximum atomic E-state index is 12.7. The summed E-state index contributed by atoms with van der Waals surface area (Å²) in [6.45, 7) is 3.76. The van der Waals surface area contributed by atoms with Crippen LogP contribution in [0.5, 0.6) is 0 Å². The van der Waals surface area contributed by atoms with Crippen LogP contribution in [0, 0.1) is 6.92 Å². The van der Waals surface area contributed by atoms with E-state index in [4.69, 9.17) is 4.74 Å². The van der Waals surface area contributed by atoms with E-state index >= 15 is 0 Å². The molecule has 1 N–H and O–H groups in total. The van der Waals surface area contributed by atoms with E-state index in [-0.39, 0.29) is 17.7 Å². The minimum Gasteiger partial charge on any atom is -0.463 e. The number of amides is 2. The molecular formula is C19H18N2O4. The van der Waals surface area contributed by atoms with Crippen molar-refractivity contribution in [1.82, 2.24) is 4.90 Å². The molecule has 1 aliphatic rings. The Morgan fingerprint density at radius 3 is 2.12 bits per heavy atom. The first-order valence-corrected chi connectivity index (χ1v) is 7.99. The van der Waals surface area contributed by atoms with Crippen molar-refractivity contribution in [1.29, 1.82) is 0 Å². The zero-order valence-electron chi connectivity index (χ0n) is 14.0. The van der Waals surface area contributed by atoms with E-state index in [9.17, 15) is 14.4 Å². The number of nitrogens with one attached hydrogen (secondary N) is 1. The van der Waals surface area contributed by atoms with Crippen molar-refractivity contribution in [3.63, 3.8) is 0 Å². The van der Waals surface area contributed by atoms with Gasteiger partial charge in [-0.2, -0.15) is 0 Å². The molecule has 1 heterocycles. The Morgan fingerprint density at radius 1 is 1.04 bits per heavy atom. The molecule has 0 radical (unpaired) electrons. The van der Waals surface area contributed by atoms with Crippen LogP contribution in [-0.2, 0) is 9.53 Å². The molecule has 0 bridgehead atoms. The summed E-state index contributed by atoms with van der Waals surface area (Å²) in [5.74, 6) is -1.71. The number of fused-ring (bicyclic) bond motifs is 1. The number of aryl methyl sites for hydroxylation is 1. The average molecular weight is 338 g/mol. The molecule has 0 saturated carbocycles. The molecule has 2 aromatic carbocycles. The first-order chi connectivity index (χ1) is 12.0. The van der Waals surface area contributed by atoms with Gasteiger partial charge in [-0.05, 0) is 38.1 Å². The molecule has 1 unspecified atom stereocenters. The minimum absolute atomic E-state index is 0.147. The lowest BCUT2D eigenvalue weighted by molar-refractivity contribution is -0.146. The van der Waals surface area contributed by atoms with Gasteiger partial charge in [-0.15, -0.1) is 0 Å². The molecule has 0 aromatic heterocycles. The molecule has 2 aromatic rings. The summed E-state index contributed by atoms with van der Waals surface area (Å²) in [5.41, 5.74) is 2.24. The van der Waals surface area contributed by atoms with Gasteiger partial charge in [-0.25, -0.2) is 9.69 Å². The summed E-state index contributed by atoms with van der Waals surface area (Å²) < 4.78 is 5.06. The number of anilines is 1. The van der Waals surface area contributed by atoms with Crippen LogP contribution in [0.1, 0.15) is 33.2 Å². The normalized spacial score (nSPS) is 14.2. The third-order valence-corrected chi connectivity index (χ3v) is 3.95. The largest absolute Gasteiger partial charge is 0.463 e. The molecule has 0 spiro atoms. The third kappa shape index (κ3) is 3.10. The van der Waals surface area contributed by atoms with Gasteiger partial charge in [-0.3, -0.25) is 9.59 Å². The second-order valence-corrected chi connectivity index (χ2v) is 5.69. The summed E-state index contributed by atoms with van der Waals surface area (Å²) in [5, 5.41) is 2.94. The quantitative estimate of drug-likeness (QED) is 0.670. The van der Waals surface area contributed by atoms with E-state index < -0.39 is 23.9 Å². The van der Waals surface area contributed by atoms with Gasteiger partial charge in [0.2, 0.25) is 6.17 Å². The zero-order valence-corrected chi connectivity index (χ0v) is 14.0. The van der Waals surface area contributed by atoms with E-state index in [0.29, 0.717) is 5.69 Å². The standard InChI is InChI=1S/C19H18N2O4/c1-3-25-19(24)16(20-13-10-8-12(2)9-11-13)21-17(22)14-6-4-5-7-15(14)18(21)23/h4-11,16,20H,3H2,1-2H3. The van der Waals surface area contributed by atoms with E-state index in [2.05, 4.69) is 5.32 Å². The second-order valence-electron chi connectivity index (χ2n) is 5.69. The van der Waals surface area contributed by atoms with Crippen molar-refractivity contribution in [2.45, 2.75) is 20.0 Å². The molecule has 1 atom stereocenters. The van der Waals surface area contributed by atoms with Crippen molar-refractivity contribution >= 4 is 23.5 Å². The van der Waals surface area contributed by atoms with E-state index in [1.165, 1.54) is 0 Å². The summed E-state index contributed by atoms with van der Waals surface area (Å²) in [4.78, 5) is 38.6. The lowest BCUT2D eigenvalue weighted by Gasteiger charge is -2.26. The lowest BCUT2D eigenvalue weighted by atomic mass is 10.1. The maximum absolute atomic E-state index is 12.7. The fraction of sp³-hybridized carbons (Fsp3) is 0.211. The van der Waals surface area contributed by atoms with Gasteiger partial charge in [0.1, 0.15) is 0 Å². The van der Waals surface area contributed by atoms with Gasteiger partial charge in [0.15, 0.2) is 0 Å². The van der Waals surface area contributed by atoms with Crippen LogP contribution >= 0.6 is 0 Å². The van der Waals surface area contributed by atoms with E-state index in [0.717, 1.165) is 10.5 Å². The van der Waals surface area contributed by atoms with Gasteiger partial charge >= 0.3 is 5.97 Å². The molecule has 0 fully saturated rings. The fourth-order valence-electron chi connectivity index (χ4n) is 2.70. The van der Waals surface area contributed by atoms with E-state index in [1.807, 2.05) is 19.1 Å². The number of carbonyl (C=O) groups excluding carboxylic acids is 3. The molecule has 128 valence electrons. The Kier molecular flexibility index (Phi) is 4.52. The molecule has 1 aliphatic heterocycles. The number of rotatable bonds is 5. The first kappa shape index (κ1) is 16.7. The summed E-state index contributed by atoms with van der Waals surface area (Å²) in [6, 6.07) is 13.8. The number of esters is 1. The number of benzene rings is 2. The molecular weight excluding hydrogens is 320 g/mol. The Hall–Kier alpha value is -3.15. The van der Waals surface area contributed by atoms with Gasteiger partial charge in [0, 0.05) is 5.69 Å². The second kappa shape index (κ2) is 6.76. The zero-order chi connectivity index (χ0) is 18.0. The van der Waals surface area contributed by atoms with Crippen LogP contribution < -0.4 is 5.32 Å². The van der Waals surface area contributed by atoms with Gasteiger partial charge < -0.3 is 10.1 Å². The van der Waals surface area contributed by atoms with Crippen molar-refractivity contribution in [2.75, 3.05) is 11.9 Å². The predicted molar refractivity (Wildman–Crippen MR) is 92.2 cm³/mol. The third-order valence-electron chi connectivity index (χ3n) is 3.95. The predicted octanol–water partition coefficient (Wildman–Crippen LogP) is 2.59. The monoisotopic (exact) mass is 338 g/mol. The topological polar surface area (TPSA) is 75.7 Å². The Bertz CT molecular complexity index is 795. The number of hydrogen-bond donors (Lipinski definition) is 1. The van der Waals surface area contributed by atoms with Crippen molar-refractivity contribution < 1.29 is 19.1 Å². The van der Waals surface area contributed by atoms with Crippen LogP contribution in [0.25, 0.3) is 0 Å². The van der Waals surface area contributed by atoms with Crippen LogP contribution in [-0.4, -0.2) is 35.5 Å². The van der Waals surface area contributed by atoms with Crippen molar-refractivity contribution in [3.8, 4) is 0 Å². The Morgan fingerprint density at radius 2 is 1.60 bits per heavy atom. The molecule has 0 aliphatic carbocycles. The number of ether oxygens (including phenoxy) is 1. The molecule has 6 heteroatoms. The smallest absolute Gasteiger partial charge is 0.350 e. The molecule has 25 heavy (non-hydrogen) atoms. The number of hydrogen-bond acceptors (Lipinski definition) is 5. The highest BCUT2D eigenvalue weighted by molar-refractivity contribution is 6.22. The summed E-state index contributed by atoms with van der Waals surface area (Å²) >= 11 is 0. The Labute approximate surface area is 145 Å².